The standard InChI is InChI=1S/C7H10F3NO2S/c1-5(12)6(11)4-14(13)3-2-7(8,9)10/h11H,2-4H2,1H3. The molecule has 0 radical (unpaired) electrons. The van der Waals surface area contributed by atoms with Crippen LogP contribution in [0, 0.1) is 5.41 Å². The van der Waals surface area contributed by atoms with Crippen LogP contribution < -0.4 is 0 Å². The van der Waals surface area contributed by atoms with Crippen LogP contribution in [0.5, 0.6) is 0 Å². The molecule has 82 valence electrons. The molecule has 0 rings (SSSR count). The van der Waals surface area contributed by atoms with Gasteiger partial charge in [-0.05, 0) is 11.2 Å². The van der Waals surface area contributed by atoms with Gasteiger partial charge in [0.25, 0.3) is 0 Å². The average molecular weight is 229 g/mol. The number of rotatable bonds is 5. The molecule has 0 aliphatic heterocycles. The number of Topliss-reactive ketones (excluding diaryl/α,β-unsaturated/α-hetero) is 1. The van der Waals surface area contributed by atoms with E-state index in [1.54, 1.807) is 0 Å². The first-order valence-corrected chi connectivity index (χ1v) is 5.21. The number of hydrogen-bond donors (Lipinski definition) is 1. The largest absolute Gasteiger partial charge is 0.616 e. The van der Waals surface area contributed by atoms with E-state index in [0.29, 0.717) is 0 Å². The molecule has 0 aliphatic carbocycles. The molecule has 14 heavy (non-hydrogen) atoms. The van der Waals surface area contributed by atoms with Crippen LogP contribution in [-0.4, -0.2) is 33.7 Å². The summed E-state index contributed by atoms with van der Waals surface area (Å²) >= 11 is -1.78. The van der Waals surface area contributed by atoms with Gasteiger partial charge in [-0.2, -0.15) is 13.2 Å². The van der Waals surface area contributed by atoms with Crippen LogP contribution in [0.25, 0.3) is 0 Å². The van der Waals surface area contributed by atoms with Crippen LogP contribution in [0.3, 0.4) is 0 Å². The fourth-order valence-corrected chi connectivity index (χ4v) is 1.69. The summed E-state index contributed by atoms with van der Waals surface area (Å²) < 4.78 is 45.9. The van der Waals surface area contributed by atoms with E-state index in [4.69, 9.17) is 5.41 Å². The summed E-state index contributed by atoms with van der Waals surface area (Å²) in [7, 11) is 0. The Labute approximate surface area is 82.4 Å². The van der Waals surface area contributed by atoms with E-state index >= 15 is 0 Å². The number of carbonyl (C=O) groups excluding carboxylic acids is 1. The van der Waals surface area contributed by atoms with Gasteiger partial charge in [-0.1, -0.05) is 0 Å². The van der Waals surface area contributed by atoms with E-state index in [1.165, 1.54) is 0 Å². The molecule has 0 heterocycles. The molecule has 0 aliphatic rings. The predicted octanol–water partition coefficient (Wildman–Crippen LogP) is 1.30. The Balaban J connectivity index is 3.82. The highest BCUT2D eigenvalue weighted by Gasteiger charge is 2.30. The van der Waals surface area contributed by atoms with Crippen LogP contribution in [0.4, 0.5) is 13.2 Å². The van der Waals surface area contributed by atoms with Crippen molar-refractivity contribution in [2.75, 3.05) is 11.5 Å². The zero-order valence-corrected chi connectivity index (χ0v) is 8.30. The molecule has 0 saturated carbocycles. The van der Waals surface area contributed by atoms with Crippen molar-refractivity contribution in [2.24, 2.45) is 0 Å². The first-order chi connectivity index (χ1) is 6.22. The number of alkyl halides is 3. The van der Waals surface area contributed by atoms with E-state index in [2.05, 4.69) is 0 Å². The van der Waals surface area contributed by atoms with Gasteiger partial charge in [0.05, 0.1) is 6.42 Å². The van der Waals surface area contributed by atoms with Crippen molar-refractivity contribution < 1.29 is 22.5 Å². The van der Waals surface area contributed by atoms with Crippen LogP contribution in [0.2, 0.25) is 0 Å². The minimum Gasteiger partial charge on any atom is -0.616 e. The first-order valence-electron chi connectivity index (χ1n) is 3.72. The normalized spacial score (nSPS) is 13.8. The Morgan fingerprint density at radius 2 is 2.00 bits per heavy atom. The summed E-state index contributed by atoms with van der Waals surface area (Å²) in [5.41, 5.74) is -0.398. The minimum absolute atomic E-state index is 0.397. The maximum absolute atomic E-state index is 11.7. The lowest BCUT2D eigenvalue weighted by molar-refractivity contribution is -0.129. The monoisotopic (exact) mass is 229 g/mol. The molecule has 0 fully saturated rings. The molecule has 1 atom stereocenters. The Kier molecular flexibility index (Phi) is 5.14. The fourth-order valence-electron chi connectivity index (χ4n) is 0.564. The maximum Gasteiger partial charge on any atom is 0.393 e. The highest BCUT2D eigenvalue weighted by molar-refractivity contribution is 7.92. The molecule has 0 saturated heterocycles. The lowest BCUT2D eigenvalue weighted by Gasteiger charge is -2.11. The second-order valence-corrected chi connectivity index (χ2v) is 4.26. The summed E-state index contributed by atoms with van der Waals surface area (Å²) in [6.07, 6.45) is -5.49. The molecule has 1 unspecified atom stereocenters. The number of carbonyl (C=O) groups is 1. The lowest BCUT2D eigenvalue weighted by Crippen LogP contribution is -2.25. The molecular weight excluding hydrogens is 219 g/mol. The van der Waals surface area contributed by atoms with Crippen molar-refractivity contribution >= 4 is 22.7 Å². The van der Waals surface area contributed by atoms with Gasteiger partial charge in [-0.3, -0.25) is 10.2 Å². The van der Waals surface area contributed by atoms with Gasteiger partial charge in [0, 0.05) is 6.92 Å². The van der Waals surface area contributed by atoms with Crippen molar-refractivity contribution in [3.8, 4) is 0 Å². The Hall–Kier alpha value is -0.560. The van der Waals surface area contributed by atoms with Gasteiger partial charge in [-0.15, -0.1) is 0 Å². The van der Waals surface area contributed by atoms with Crippen LogP contribution in [-0.2, 0) is 16.0 Å². The number of ketones is 1. The van der Waals surface area contributed by atoms with Gasteiger partial charge in [-0.25, -0.2) is 0 Å². The van der Waals surface area contributed by atoms with Gasteiger partial charge in [0.1, 0.15) is 17.2 Å². The third-order valence-corrected chi connectivity index (χ3v) is 2.61. The molecule has 0 spiro atoms. The summed E-state index contributed by atoms with van der Waals surface area (Å²) in [6, 6.07) is 0. The second-order valence-electron chi connectivity index (χ2n) is 2.69. The Morgan fingerprint density at radius 3 is 2.36 bits per heavy atom. The molecular formula is C7H10F3NO2S. The fraction of sp³-hybridized carbons (Fsp3) is 0.714. The predicted molar refractivity (Wildman–Crippen MR) is 47.0 cm³/mol. The number of nitrogens with one attached hydrogen (secondary N) is 1. The third-order valence-electron chi connectivity index (χ3n) is 1.34. The van der Waals surface area contributed by atoms with E-state index in [1.807, 2.05) is 0 Å². The van der Waals surface area contributed by atoms with E-state index in [0.717, 1.165) is 6.92 Å². The first kappa shape index (κ1) is 13.4. The van der Waals surface area contributed by atoms with Crippen molar-refractivity contribution in [3.63, 3.8) is 0 Å². The second kappa shape index (κ2) is 5.35. The number of halogens is 3. The molecule has 1 N–H and O–H groups in total. The molecule has 0 bridgehead atoms. The van der Waals surface area contributed by atoms with E-state index < -0.39 is 46.8 Å². The highest BCUT2D eigenvalue weighted by Crippen LogP contribution is 2.20. The molecule has 0 aromatic heterocycles. The van der Waals surface area contributed by atoms with Crippen LogP contribution in [0.15, 0.2) is 0 Å². The summed E-state index contributed by atoms with van der Waals surface area (Å²) in [6.45, 7) is 1.11. The topological polar surface area (TPSA) is 64.0 Å². The van der Waals surface area contributed by atoms with Gasteiger partial charge in [0.15, 0.2) is 5.78 Å². The van der Waals surface area contributed by atoms with Gasteiger partial charge in [0.2, 0.25) is 0 Å². The average Bonchev–Trinajstić information content (AvgIpc) is 1.99. The van der Waals surface area contributed by atoms with Crippen molar-refractivity contribution in [2.45, 2.75) is 19.5 Å². The molecule has 0 aromatic carbocycles. The zero-order chi connectivity index (χ0) is 11.4. The molecule has 0 aromatic rings. The lowest BCUT2D eigenvalue weighted by atomic mass is 10.3. The number of hydrogen-bond acceptors (Lipinski definition) is 3. The van der Waals surface area contributed by atoms with E-state index in [9.17, 15) is 22.5 Å². The molecule has 3 nitrogen and oxygen atoms in total. The molecule has 0 amide bonds. The van der Waals surface area contributed by atoms with Gasteiger partial charge >= 0.3 is 6.18 Å². The molecule has 7 heteroatoms. The maximum atomic E-state index is 11.7. The SMILES string of the molecule is CC(=O)C(=N)C[S+]([O-])CCC(F)(F)F. The summed E-state index contributed by atoms with van der Waals surface area (Å²) in [5, 5.41) is 6.98. The van der Waals surface area contributed by atoms with Crippen LogP contribution in [0.1, 0.15) is 13.3 Å². The Bertz CT molecular complexity index is 229. The highest BCUT2D eigenvalue weighted by atomic mass is 32.2. The quantitative estimate of drug-likeness (QED) is 0.570. The minimum atomic E-state index is -4.34. The van der Waals surface area contributed by atoms with Crippen molar-refractivity contribution in [1.29, 1.82) is 5.41 Å². The zero-order valence-electron chi connectivity index (χ0n) is 7.48. The van der Waals surface area contributed by atoms with E-state index in [-0.39, 0.29) is 0 Å². The van der Waals surface area contributed by atoms with Crippen molar-refractivity contribution in [3.05, 3.63) is 0 Å². The Morgan fingerprint density at radius 1 is 1.50 bits per heavy atom. The summed E-state index contributed by atoms with van der Waals surface area (Å²) in [4.78, 5) is 10.5. The summed E-state index contributed by atoms with van der Waals surface area (Å²) in [5.74, 6) is -1.52. The van der Waals surface area contributed by atoms with Crippen molar-refractivity contribution in [1.82, 2.24) is 0 Å². The van der Waals surface area contributed by atoms with Crippen LogP contribution >= 0.6 is 0 Å². The van der Waals surface area contributed by atoms with Gasteiger partial charge < -0.3 is 4.55 Å². The smallest absolute Gasteiger partial charge is 0.393 e. The third kappa shape index (κ3) is 6.90.